The first kappa shape index (κ1) is 16.9. The zero-order valence-corrected chi connectivity index (χ0v) is 12.7. The first-order valence-corrected chi connectivity index (χ1v) is 7.15. The molecule has 0 bridgehead atoms. The Morgan fingerprint density at radius 1 is 1.26 bits per heavy atom. The number of nitrogens with one attached hydrogen (secondary N) is 1. The van der Waals surface area contributed by atoms with Crippen molar-refractivity contribution in [1.29, 1.82) is 0 Å². The standard InChI is InChI=1S/C16H18FNO5/c1-16(2)12(13(16)15(22)23)14(21)18-10(7-11(19)20)8-4-3-5-9(17)6-8/h3-6,10,12-13H,7H2,1-2H3,(H,18,21)(H,19,20)(H,22,23)/t10-,12-,13-/m1/s1. The number of halogens is 1. The molecule has 23 heavy (non-hydrogen) atoms. The lowest BCUT2D eigenvalue weighted by atomic mass is 10.0. The zero-order chi connectivity index (χ0) is 17.4. The fourth-order valence-electron chi connectivity index (χ4n) is 3.00. The van der Waals surface area contributed by atoms with Crippen LogP contribution in [0.2, 0.25) is 0 Å². The van der Waals surface area contributed by atoms with Crippen molar-refractivity contribution in [2.24, 2.45) is 17.3 Å². The fraction of sp³-hybridized carbons (Fsp3) is 0.438. The molecular weight excluding hydrogens is 305 g/mol. The minimum absolute atomic E-state index is 0.325. The van der Waals surface area contributed by atoms with Crippen LogP contribution in [-0.2, 0) is 14.4 Å². The van der Waals surface area contributed by atoms with Crippen LogP contribution in [0.3, 0.4) is 0 Å². The van der Waals surface area contributed by atoms with Gasteiger partial charge in [0.25, 0.3) is 0 Å². The summed E-state index contributed by atoms with van der Waals surface area (Å²) in [6, 6.07) is 4.39. The van der Waals surface area contributed by atoms with Crippen LogP contribution >= 0.6 is 0 Å². The highest BCUT2D eigenvalue weighted by Gasteiger charge is 2.66. The van der Waals surface area contributed by atoms with E-state index >= 15 is 0 Å². The van der Waals surface area contributed by atoms with Gasteiger partial charge in [0.15, 0.2) is 0 Å². The lowest BCUT2D eigenvalue weighted by molar-refractivity contribution is -0.141. The van der Waals surface area contributed by atoms with Gasteiger partial charge >= 0.3 is 11.9 Å². The van der Waals surface area contributed by atoms with Crippen molar-refractivity contribution in [2.75, 3.05) is 0 Å². The van der Waals surface area contributed by atoms with Gasteiger partial charge in [0, 0.05) is 0 Å². The first-order chi connectivity index (χ1) is 10.6. The molecule has 3 atom stereocenters. The number of carboxylic acids is 2. The van der Waals surface area contributed by atoms with Gasteiger partial charge in [-0.1, -0.05) is 26.0 Å². The Bertz CT molecular complexity index is 658. The molecule has 0 unspecified atom stereocenters. The molecule has 1 aromatic carbocycles. The molecule has 6 nitrogen and oxygen atoms in total. The smallest absolute Gasteiger partial charge is 0.307 e. The lowest BCUT2D eigenvalue weighted by Gasteiger charge is -2.18. The van der Waals surface area contributed by atoms with Crippen LogP contribution in [0.25, 0.3) is 0 Å². The van der Waals surface area contributed by atoms with Crippen LogP contribution in [0.5, 0.6) is 0 Å². The highest BCUT2D eigenvalue weighted by Crippen LogP contribution is 2.58. The van der Waals surface area contributed by atoms with E-state index in [1.54, 1.807) is 13.8 Å². The van der Waals surface area contributed by atoms with Gasteiger partial charge in [-0.05, 0) is 23.1 Å². The summed E-state index contributed by atoms with van der Waals surface area (Å²) in [5, 5.41) is 20.6. The van der Waals surface area contributed by atoms with Gasteiger partial charge in [-0.3, -0.25) is 14.4 Å². The molecule has 124 valence electrons. The second-order valence-corrected chi connectivity index (χ2v) is 6.33. The lowest BCUT2D eigenvalue weighted by Crippen LogP contribution is -2.33. The van der Waals surface area contributed by atoms with Crippen LogP contribution < -0.4 is 5.32 Å². The Balaban J connectivity index is 2.17. The summed E-state index contributed by atoms with van der Waals surface area (Å²) in [7, 11) is 0. The Hall–Kier alpha value is -2.44. The van der Waals surface area contributed by atoms with Gasteiger partial charge in [-0.2, -0.15) is 0 Å². The Kier molecular flexibility index (Phi) is 4.40. The fourth-order valence-corrected chi connectivity index (χ4v) is 3.00. The molecule has 3 N–H and O–H groups in total. The highest BCUT2D eigenvalue weighted by molar-refractivity contribution is 5.92. The quantitative estimate of drug-likeness (QED) is 0.741. The third-order valence-corrected chi connectivity index (χ3v) is 4.32. The summed E-state index contributed by atoms with van der Waals surface area (Å²) >= 11 is 0. The van der Waals surface area contributed by atoms with Crippen molar-refractivity contribution in [3.05, 3.63) is 35.6 Å². The van der Waals surface area contributed by atoms with E-state index in [1.807, 2.05) is 0 Å². The van der Waals surface area contributed by atoms with E-state index in [9.17, 15) is 18.8 Å². The summed E-state index contributed by atoms with van der Waals surface area (Å²) in [5.74, 6) is -4.81. The van der Waals surface area contributed by atoms with E-state index in [0.717, 1.165) is 6.07 Å². The average Bonchev–Trinajstić information content (AvgIpc) is 3.00. The van der Waals surface area contributed by atoms with Gasteiger partial charge in [0.05, 0.1) is 24.3 Å². The predicted octanol–water partition coefficient (Wildman–Crippen LogP) is 1.81. The van der Waals surface area contributed by atoms with E-state index in [4.69, 9.17) is 10.2 Å². The molecule has 1 aromatic rings. The van der Waals surface area contributed by atoms with E-state index in [1.165, 1.54) is 18.2 Å². The number of hydrogen-bond donors (Lipinski definition) is 3. The van der Waals surface area contributed by atoms with Crippen molar-refractivity contribution in [1.82, 2.24) is 5.32 Å². The molecule has 1 amide bonds. The SMILES string of the molecule is CC1(C)[C@@H](C(=O)O)[C@@H]1C(=O)N[C@H](CC(=O)O)c1cccc(F)c1. The van der Waals surface area contributed by atoms with E-state index in [2.05, 4.69) is 5.32 Å². The minimum Gasteiger partial charge on any atom is -0.481 e. The maximum atomic E-state index is 13.3. The van der Waals surface area contributed by atoms with E-state index in [0.29, 0.717) is 5.56 Å². The largest absolute Gasteiger partial charge is 0.481 e. The van der Waals surface area contributed by atoms with Gasteiger partial charge in [0.1, 0.15) is 5.82 Å². The van der Waals surface area contributed by atoms with Crippen molar-refractivity contribution in [2.45, 2.75) is 26.3 Å². The molecule has 0 radical (unpaired) electrons. The van der Waals surface area contributed by atoms with Crippen LogP contribution in [0.1, 0.15) is 31.9 Å². The Morgan fingerprint density at radius 3 is 2.39 bits per heavy atom. The third kappa shape index (κ3) is 3.49. The minimum atomic E-state index is -1.15. The summed E-state index contributed by atoms with van der Waals surface area (Å²) in [6.45, 7) is 3.34. The zero-order valence-electron chi connectivity index (χ0n) is 12.7. The number of carbonyl (C=O) groups is 3. The molecule has 0 aliphatic heterocycles. The van der Waals surface area contributed by atoms with Gasteiger partial charge in [-0.25, -0.2) is 4.39 Å². The Labute approximate surface area is 132 Å². The van der Waals surface area contributed by atoms with Crippen LogP contribution in [0.15, 0.2) is 24.3 Å². The monoisotopic (exact) mass is 323 g/mol. The maximum absolute atomic E-state index is 13.3. The van der Waals surface area contributed by atoms with Crippen molar-refractivity contribution in [3.63, 3.8) is 0 Å². The summed E-state index contributed by atoms with van der Waals surface area (Å²) in [6.07, 6.45) is -0.417. The van der Waals surface area contributed by atoms with E-state index < -0.39 is 53.4 Å². The second-order valence-electron chi connectivity index (χ2n) is 6.33. The molecule has 1 saturated carbocycles. The average molecular weight is 323 g/mol. The third-order valence-electron chi connectivity index (χ3n) is 4.32. The predicted molar refractivity (Wildman–Crippen MR) is 77.9 cm³/mol. The number of aliphatic carboxylic acids is 2. The number of rotatable bonds is 6. The molecule has 1 fully saturated rings. The molecule has 0 aromatic heterocycles. The molecule has 1 aliphatic rings. The van der Waals surface area contributed by atoms with Crippen molar-refractivity contribution >= 4 is 17.8 Å². The summed E-state index contributed by atoms with van der Waals surface area (Å²) in [4.78, 5) is 34.5. The van der Waals surface area contributed by atoms with Crippen molar-refractivity contribution < 1.29 is 29.0 Å². The van der Waals surface area contributed by atoms with Crippen LogP contribution in [0, 0.1) is 23.1 Å². The highest BCUT2D eigenvalue weighted by atomic mass is 19.1. The molecule has 0 spiro atoms. The van der Waals surface area contributed by atoms with Crippen molar-refractivity contribution in [3.8, 4) is 0 Å². The van der Waals surface area contributed by atoms with Crippen LogP contribution in [-0.4, -0.2) is 28.1 Å². The topological polar surface area (TPSA) is 104 Å². The normalized spacial score (nSPS) is 22.9. The number of benzene rings is 1. The second kappa shape index (κ2) is 5.98. The van der Waals surface area contributed by atoms with Crippen LogP contribution in [0.4, 0.5) is 4.39 Å². The number of carbonyl (C=O) groups excluding carboxylic acids is 1. The molecule has 0 saturated heterocycles. The van der Waals surface area contributed by atoms with Gasteiger partial charge in [0.2, 0.25) is 5.91 Å². The Morgan fingerprint density at radius 2 is 1.91 bits per heavy atom. The molecule has 0 heterocycles. The summed E-state index contributed by atoms with van der Waals surface area (Å²) < 4.78 is 13.3. The van der Waals surface area contributed by atoms with Gasteiger partial charge < -0.3 is 15.5 Å². The van der Waals surface area contributed by atoms with Gasteiger partial charge in [-0.15, -0.1) is 0 Å². The first-order valence-electron chi connectivity index (χ1n) is 7.15. The number of carboxylic acid groups (broad SMARTS) is 2. The molecular formula is C16H18FNO5. The summed E-state index contributed by atoms with van der Waals surface area (Å²) in [5.41, 5.74) is -0.364. The number of hydrogen-bond acceptors (Lipinski definition) is 3. The number of amides is 1. The van der Waals surface area contributed by atoms with E-state index in [-0.39, 0.29) is 0 Å². The molecule has 2 rings (SSSR count). The molecule has 1 aliphatic carbocycles. The molecule has 7 heteroatoms. The maximum Gasteiger partial charge on any atom is 0.307 e.